The Bertz CT molecular complexity index is 880. The molecule has 1 aliphatic rings. The van der Waals surface area contributed by atoms with E-state index in [0.717, 1.165) is 31.4 Å². The molecule has 2 aromatic rings. The number of ether oxygens (including phenoxy) is 2. The van der Waals surface area contributed by atoms with Gasteiger partial charge in [0.2, 0.25) is 0 Å². The van der Waals surface area contributed by atoms with Crippen molar-refractivity contribution in [3.63, 3.8) is 0 Å². The maximum absolute atomic E-state index is 12.7. The molecule has 0 spiro atoms. The highest BCUT2D eigenvalue weighted by molar-refractivity contribution is 5.85. The van der Waals surface area contributed by atoms with Gasteiger partial charge in [-0.05, 0) is 37.8 Å². The average molecular weight is 382 g/mol. The second kappa shape index (κ2) is 8.98. The smallest absolute Gasteiger partial charge is 0.330 e. The maximum atomic E-state index is 12.7. The number of rotatable bonds is 6. The van der Waals surface area contributed by atoms with E-state index < -0.39 is 18.0 Å². The van der Waals surface area contributed by atoms with Crippen LogP contribution in [-0.4, -0.2) is 48.8 Å². The monoisotopic (exact) mass is 382 g/mol. The Labute approximate surface area is 165 Å². The minimum atomic E-state index is -1.14. The number of para-hydroxylation sites is 2. The van der Waals surface area contributed by atoms with Crippen LogP contribution in [0.1, 0.15) is 38.3 Å². The van der Waals surface area contributed by atoms with Crippen molar-refractivity contribution in [3.8, 4) is 6.07 Å². The normalized spacial score (nSPS) is 19.1. The highest BCUT2D eigenvalue weighted by Crippen LogP contribution is 2.31. The topological polar surface area (TPSA) is 88.3 Å². The number of nitriles is 1. The zero-order chi connectivity index (χ0) is 20.1. The first-order valence-electron chi connectivity index (χ1n) is 9.64. The van der Waals surface area contributed by atoms with Crippen LogP contribution in [0.4, 0.5) is 5.82 Å². The average Bonchev–Trinajstić information content (AvgIpc) is 2.68. The quantitative estimate of drug-likeness (QED) is 0.710. The number of nitrogens with zero attached hydrogens (tertiary/aromatic N) is 4. The summed E-state index contributed by atoms with van der Waals surface area (Å²) in [6, 6.07) is 9.57. The molecule has 0 bridgehead atoms. The Kier molecular flexibility index (Phi) is 6.42. The predicted octanol–water partition coefficient (Wildman–Crippen LogP) is 3.05. The molecule has 0 N–H and O–H groups in total. The number of esters is 1. The zero-order valence-electron chi connectivity index (χ0n) is 16.6. The van der Waals surface area contributed by atoms with Crippen LogP contribution in [-0.2, 0) is 14.3 Å². The van der Waals surface area contributed by atoms with Gasteiger partial charge in [0.1, 0.15) is 11.8 Å². The van der Waals surface area contributed by atoms with Crippen molar-refractivity contribution in [1.82, 2.24) is 9.97 Å². The molecule has 1 fully saturated rings. The first kappa shape index (κ1) is 20.0. The molecule has 7 heteroatoms. The molecule has 1 aromatic heterocycles. The van der Waals surface area contributed by atoms with E-state index in [4.69, 9.17) is 14.5 Å². The van der Waals surface area contributed by atoms with Crippen molar-refractivity contribution < 1.29 is 14.3 Å². The summed E-state index contributed by atoms with van der Waals surface area (Å²) in [4.78, 5) is 24.3. The number of fused-ring (bicyclic) bond motifs is 1. The number of hydrogen-bond acceptors (Lipinski definition) is 7. The van der Waals surface area contributed by atoms with Crippen molar-refractivity contribution in [2.45, 2.75) is 38.7 Å². The summed E-state index contributed by atoms with van der Waals surface area (Å²) in [5.74, 6) is -0.635. The minimum Gasteiger partial charge on any atom is -0.459 e. The van der Waals surface area contributed by atoms with E-state index in [-0.39, 0.29) is 6.61 Å². The fraction of sp³-hybridized carbons (Fsp3) is 0.524. The molecule has 0 unspecified atom stereocenters. The van der Waals surface area contributed by atoms with Crippen molar-refractivity contribution in [2.75, 3.05) is 31.7 Å². The van der Waals surface area contributed by atoms with Crippen LogP contribution in [0.5, 0.6) is 0 Å². The Morgan fingerprint density at radius 1 is 1.36 bits per heavy atom. The number of carbonyl (C=O) groups is 1. The number of methoxy groups -OCH3 is 1. The Morgan fingerprint density at radius 2 is 2.07 bits per heavy atom. The molecular weight excluding hydrogens is 356 g/mol. The van der Waals surface area contributed by atoms with E-state index in [1.54, 1.807) is 6.92 Å². The van der Waals surface area contributed by atoms with E-state index in [1.807, 2.05) is 24.3 Å². The summed E-state index contributed by atoms with van der Waals surface area (Å²) < 4.78 is 10.4. The Balaban J connectivity index is 2.02. The number of benzene rings is 1. The summed E-state index contributed by atoms with van der Waals surface area (Å²) in [7, 11) is 1.54. The predicted molar refractivity (Wildman–Crippen MR) is 106 cm³/mol. The molecule has 3 rings (SSSR count). The minimum absolute atomic E-state index is 0.268. The lowest BCUT2D eigenvalue weighted by atomic mass is 9.99. The lowest BCUT2D eigenvalue weighted by Gasteiger charge is -2.33. The van der Waals surface area contributed by atoms with Gasteiger partial charge in [-0.25, -0.2) is 9.97 Å². The van der Waals surface area contributed by atoms with Crippen molar-refractivity contribution >= 4 is 22.8 Å². The molecule has 1 saturated heterocycles. The fourth-order valence-electron chi connectivity index (χ4n) is 3.57. The van der Waals surface area contributed by atoms with Gasteiger partial charge in [-0.3, -0.25) is 4.79 Å². The maximum Gasteiger partial charge on any atom is 0.330 e. The van der Waals surface area contributed by atoms with Crippen molar-refractivity contribution in [2.24, 2.45) is 5.92 Å². The molecule has 0 amide bonds. The van der Waals surface area contributed by atoms with E-state index in [0.29, 0.717) is 22.9 Å². The molecule has 0 saturated carbocycles. The third kappa shape index (κ3) is 4.39. The van der Waals surface area contributed by atoms with Gasteiger partial charge in [0.15, 0.2) is 11.7 Å². The lowest BCUT2D eigenvalue weighted by molar-refractivity contribution is -0.150. The van der Waals surface area contributed by atoms with Gasteiger partial charge >= 0.3 is 5.97 Å². The van der Waals surface area contributed by atoms with Crippen LogP contribution in [0, 0.1) is 17.2 Å². The highest BCUT2D eigenvalue weighted by atomic mass is 16.6. The highest BCUT2D eigenvalue weighted by Gasteiger charge is 2.32. The molecule has 1 aliphatic heterocycles. The summed E-state index contributed by atoms with van der Waals surface area (Å²) in [6.07, 6.45) is 1.76. The van der Waals surface area contributed by atoms with Gasteiger partial charge in [0.25, 0.3) is 0 Å². The number of piperidine rings is 1. The van der Waals surface area contributed by atoms with Crippen molar-refractivity contribution in [1.29, 1.82) is 5.26 Å². The molecular formula is C21H26N4O3. The number of anilines is 1. The van der Waals surface area contributed by atoms with Gasteiger partial charge in [-0.15, -0.1) is 0 Å². The summed E-state index contributed by atoms with van der Waals surface area (Å²) in [5.41, 5.74) is 1.77. The van der Waals surface area contributed by atoms with Crippen LogP contribution in [0.25, 0.3) is 11.0 Å². The van der Waals surface area contributed by atoms with Crippen LogP contribution in [0.3, 0.4) is 0 Å². The van der Waals surface area contributed by atoms with E-state index in [2.05, 4.69) is 22.9 Å². The van der Waals surface area contributed by atoms with Gasteiger partial charge in [-0.1, -0.05) is 19.1 Å². The van der Waals surface area contributed by atoms with Gasteiger partial charge < -0.3 is 14.4 Å². The molecule has 7 nitrogen and oxygen atoms in total. The molecule has 3 atom stereocenters. The fourth-order valence-corrected chi connectivity index (χ4v) is 3.57. The second-order valence-electron chi connectivity index (χ2n) is 7.38. The van der Waals surface area contributed by atoms with Crippen molar-refractivity contribution in [3.05, 3.63) is 30.0 Å². The molecule has 28 heavy (non-hydrogen) atoms. The Hall–Kier alpha value is -2.72. The van der Waals surface area contributed by atoms with Crippen LogP contribution in [0.2, 0.25) is 0 Å². The SMILES string of the molecule is COC[C@@H](C)OC(=O)[C@@H](C#N)c1nc2ccccc2nc1N1CCC[C@H](C)C1. The van der Waals surface area contributed by atoms with E-state index >= 15 is 0 Å². The Morgan fingerprint density at radius 3 is 2.71 bits per heavy atom. The largest absolute Gasteiger partial charge is 0.459 e. The van der Waals surface area contributed by atoms with Gasteiger partial charge in [-0.2, -0.15) is 5.26 Å². The molecule has 2 heterocycles. The van der Waals surface area contributed by atoms with Gasteiger partial charge in [0, 0.05) is 20.2 Å². The van der Waals surface area contributed by atoms with E-state index in [1.165, 1.54) is 7.11 Å². The molecule has 1 aromatic carbocycles. The molecule has 0 aliphatic carbocycles. The number of aromatic nitrogens is 2. The van der Waals surface area contributed by atoms with E-state index in [9.17, 15) is 10.1 Å². The molecule has 148 valence electrons. The van der Waals surface area contributed by atoms with Crippen LogP contribution in [0.15, 0.2) is 24.3 Å². The third-order valence-electron chi connectivity index (χ3n) is 4.89. The standard InChI is InChI=1S/C21H26N4O3/c1-14-7-6-10-25(12-14)20-19(23-17-8-4-5-9-18(17)24-20)16(11-22)21(26)28-15(2)13-27-3/h4-5,8-9,14-16H,6-7,10,12-13H2,1-3H3/t14-,15+,16-/m0/s1. The van der Waals surface area contributed by atoms with Crippen LogP contribution >= 0.6 is 0 Å². The molecule has 0 radical (unpaired) electrons. The summed E-state index contributed by atoms with van der Waals surface area (Å²) in [6.45, 7) is 5.85. The summed E-state index contributed by atoms with van der Waals surface area (Å²) >= 11 is 0. The number of hydrogen-bond donors (Lipinski definition) is 0. The number of carbonyl (C=O) groups excluding carboxylic acids is 1. The first-order chi connectivity index (χ1) is 13.5. The second-order valence-corrected chi connectivity index (χ2v) is 7.38. The first-order valence-corrected chi connectivity index (χ1v) is 9.64. The summed E-state index contributed by atoms with van der Waals surface area (Å²) in [5, 5.41) is 9.77. The third-order valence-corrected chi connectivity index (χ3v) is 4.89. The van der Waals surface area contributed by atoms with Crippen LogP contribution < -0.4 is 4.90 Å². The van der Waals surface area contributed by atoms with Gasteiger partial charge in [0.05, 0.1) is 23.7 Å². The lowest BCUT2D eigenvalue weighted by Crippen LogP contribution is -2.36. The zero-order valence-corrected chi connectivity index (χ0v) is 16.6.